The average Bonchev–Trinajstić information content (AvgIpc) is 3.32. The third kappa shape index (κ3) is 3.17. The number of thiazole rings is 1. The predicted molar refractivity (Wildman–Crippen MR) is 109 cm³/mol. The van der Waals surface area contributed by atoms with Crippen molar-refractivity contribution in [1.29, 1.82) is 0 Å². The van der Waals surface area contributed by atoms with Gasteiger partial charge in [0.05, 0.1) is 25.6 Å². The molecule has 2 aromatic carbocycles. The van der Waals surface area contributed by atoms with Crippen molar-refractivity contribution in [3.05, 3.63) is 63.8 Å². The fourth-order valence-corrected chi connectivity index (χ4v) is 4.16. The van der Waals surface area contributed by atoms with Gasteiger partial charge in [0.15, 0.2) is 0 Å². The minimum absolute atomic E-state index is 0.746. The Morgan fingerprint density at radius 2 is 1.85 bits per heavy atom. The van der Waals surface area contributed by atoms with Crippen LogP contribution >= 0.6 is 11.3 Å². The molecular weight excluding hydrogens is 358 g/mol. The van der Waals surface area contributed by atoms with Crippen molar-refractivity contribution in [3.63, 3.8) is 0 Å². The summed E-state index contributed by atoms with van der Waals surface area (Å²) in [7, 11) is 5.11. The molecule has 1 aliphatic carbocycles. The van der Waals surface area contributed by atoms with E-state index in [9.17, 15) is 0 Å². The Morgan fingerprint density at radius 3 is 2.63 bits per heavy atom. The molecule has 0 unspecified atom stereocenters. The van der Waals surface area contributed by atoms with Gasteiger partial charge in [-0.15, -0.1) is 11.3 Å². The number of rotatable bonds is 4. The van der Waals surface area contributed by atoms with Gasteiger partial charge in [-0.1, -0.05) is 24.3 Å². The van der Waals surface area contributed by atoms with Crippen LogP contribution in [-0.4, -0.2) is 31.7 Å². The topological polar surface area (TPSA) is 48.1 Å². The summed E-state index contributed by atoms with van der Waals surface area (Å²) in [5.74, 6) is 1.50. The molecule has 1 aromatic heterocycles. The molecule has 1 aliphatic rings. The molecule has 27 heavy (non-hydrogen) atoms. The van der Waals surface area contributed by atoms with Gasteiger partial charge in [-0.25, -0.2) is 4.68 Å². The normalized spacial score (nSPS) is 15.2. The smallest absolute Gasteiger partial charge is 0.205 e. The van der Waals surface area contributed by atoms with Crippen LogP contribution in [0.2, 0.25) is 0 Å². The second-order valence-corrected chi connectivity index (χ2v) is 7.05. The van der Waals surface area contributed by atoms with Crippen LogP contribution in [0.1, 0.15) is 17.5 Å². The molecular formula is C21H21N3O2S. The molecule has 0 fully saturated rings. The van der Waals surface area contributed by atoms with Crippen molar-refractivity contribution in [1.82, 2.24) is 4.68 Å². The van der Waals surface area contributed by atoms with Crippen molar-refractivity contribution in [3.8, 4) is 22.8 Å². The number of hydrogen-bond donors (Lipinski definition) is 0. The van der Waals surface area contributed by atoms with Gasteiger partial charge in [-0.05, 0) is 30.5 Å². The Kier molecular flexibility index (Phi) is 4.81. The first kappa shape index (κ1) is 17.5. The second-order valence-electron chi connectivity index (χ2n) is 6.21. The largest absolute Gasteiger partial charge is 0.497 e. The van der Waals surface area contributed by atoms with E-state index < -0.39 is 0 Å². The van der Waals surface area contributed by atoms with Gasteiger partial charge in [0.25, 0.3) is 0 Å². The lowest BCUT2D eigenvalue weighted by molar-refractivity contribution is 0.395. The summed E-state index contributed by atoms with van der Waals surface area (Å²) in [6.45, 7) is 0. The van der Waals surface area contributed by atoms with Crippen LogP contribution in [0.4, 0.5) is 0 Å². The Balaban J connectivity index is 1.87. The molecule has 0 saturated heterocycles. The average molecular weight is 379 g/mol. The number of fused-ring (bicyclic) bond motifs is 1. The maximum absolute atomic E-state index is 5.60. The van der Waals surface area contributed by atoms with Crippen molar-refractivity contribution in [2.45, 2.75) is 12.8 Å². The van der Waals surface area contributed by atoms with Crippen LogP contribution in [0.5, 0.6) is 11.5 Å². The van der Waals surface area contributed by atoms with Crippen LogP contribution in [0.3, 0.4) is 0 Å². The van der Waals surface area contributed by atoms with Crippen molar-refractivity contribution < 1.29 is 9.47 Å². The monoisotopic (exact) mass is 379 g/mol. The number of aromatic nitrogens is 1. The molecule has 0 spiro atoms. The van der Waals surface area contributed by atoms with Gasteiger partial charge in [-0.2, -0.15) is 5.10 Å². The minimum atomic E-state index is 0.746. The standard InChI is InChI=1S/C21H21N3O2S/c1-22-21-24(23-18-11-8-14-6-4-5-7-16(14)18)19(13-27-21)17-10-9-15(25-2)12-20(17)26-3/h4-7,9-10,12-13H,8,11H2,1-3H3. The van der Waals surface area contributed by atoms with Crippen molar-refractivity contribution in [2.75, 3.05) is 21.3 Å². The van der Waals surface area contributed by atoms with E-state index in [1.54, 1.807) is 32.6 Å². The van der Waals surface area contributed by atoms with Gasteiger partial charge in [0, 0.05) is 29.6 Å². The molecule has 0 atom stereocenters. The van der Waals surface area contributed by atoms with Crippen LogP contribution in [0.25, 0.3) is 11.3 Å². The molecule has 0 aliphatic heterocycles. The summed E-state index contributed by atoms with van der Waals surface area (Å²) in [5, 5.41) is 7.05. The maximum Gasteiger partial charge on any atom is 0.205 e. The zero-order valence-electron chi connectivity index (χ0n) is 15.6. The lowest BCUT2D eigenvalue weighted by Crippen LogP contribution is -2.14. The minimum Gasteiger partial charge on any atom is -0.497 e. The number of ether oxygens (including phenoxy) is 2. The molecule has 1 heterocycles. The highest BCUT2D eigenvalue weighted by Gasteiger charge is 2.19. The van der Waals surface area contributed by atoms with E-state index in [-0.39, 0.29) is 0 Å². The number of aryl methyl sites for hydroxylation is 1. The molecule has 0 amide bonds. The van der Waals surface area contributed by atoms with E-state index in [1.807, 2.05) is 22.9 Å². The SMILES string of the molecule is CN=c1scc(-c2ccc(OC)cc2OC)n1N=C1CCc2ccccc21. The lowest BCUT2D eigenvalue weighted by atomic mass is 10.1. The zero-order valence-corrected chi connectivity index (χ0v) is 16.4. The van der Waals surface area contributed by atoms with Gasteiger partial charge in [-0.3, -0.25) is 4.99 Å². The van der Waals surface area contributed by atoms with Crippen LogP contribution in [0, 0.1) is 0 Å². The zero-order chi connectivity index (χ0) is 18.8. The highest BCUT2D eigenvalue weighted by Crippen LogP contribution is 2.34. The Hall–Kier alpha value is -2.86. The number of hydrogen-bond acceptors (Lipinski definition) is 5. The summed E-state index contributed by atoms with van der Waals surface area (Å²) in [4.78, 5) is 5.26. The molecule has 0 saturated carbocycles. The molecule has 138 valence electrons. The van der Waals surface area contributed by atoms with Crippen LogP contribution in [-0.2, 0) is 6.42 Å². The van der Waals surface area contributed by atoms with E-state index in [0.29, 0.717) is 0 Å². The van der Waals surface area contributed by atoms with Crippen LogP contribution in [0.15, 0.2) is 57.9 Å². The third-order valence-corrected chi connectivity index (χ3v) is 5.65. The molecule has 3 aromatic rings. The third-order valence-electron chi connectivity index (χ3n) is 4.74. The Bertz CT molecular complexity index is 1080. The Labute approximate surface area is 162 Å². The van der Waals surface area contributed by atoms with E-state index in [0.717, 1.165) is 46.1 Å². The highest BCUT2D eigenvalue weighted by molar-refractivity contribution is 7.07. The molecule has 5 nitrogen and oxygen atoms in total. The van der Waals surface area contributed by atoms with Gasteiger partial charge in [0.1, 0.15) is 11.5 Å². The predicted octanol–water partition coefficient (Wildman–Crippen LogP) is 3.96. The summed E-state index contributed by atoms with van der Waals surface area (Å²) in [6.07, 6.45) is 1.96. The van der Waals surface area contributed by atoms with Gasteiger partial charge in [0.2, 0.25) is 4.80 Å². The molecule has 0 bridgehead atoms. The molecule has 0 N–H and O–H groups in total. The number of benzene rings is 2. The fraction of sp³-hybridized carbons (Fsp3) is 0.238. The lowest BCUT2D eigenvalue weighted by Gasteiger charge is -2.11. The first-order valence-electron chi connectivity index (χ1n) is 8.77. The molecule has 4 rings (SSSR count). The van der Waals surface area contributed by atoms with E-state index in [4.69, 9.17) is 14.6 Å². The van der Waals surface area contributed by atoms with Crippen molar-refractivity contribution >= 4 is 17.0 Å². The van der Waals surface area contributed by atoms with Gasteiger partial charge < -0.3 is 9.47 Å². The fourth-order valence-electron chi connectivity index (χ4n) is 3.38. The molecule has 6 heteroatoms. The second kappa shape index (κ2) is 7.40. The van der Waals surface area contributed by atoms with Crippen molar-refractivity contribution in [2.24, 2.45) is 10.1 Å². The summed E-state index contributed by atoms with van der Waals surface area (Å²) in [6, 6.07) is 14.3. The maximum atomic E-state index is 5.60. The van der Waals surface area contributed by atoms with E-state index in [1.165, 1.54) is 11.1 Å². The highest BCUT2D eigenvalue weighted by atomic mass is 32.1. The summed E-state index contributed by atoms with van der Waals surface area (Å²) in [5.41, 5.74) is 5.58. The summed E-state index contributed by atoms with van der Waals surface area (Å²) >= 11 is 1.57. The first-order chi connectivity index (χ1) is 13.2. The first-order valence-corrected chi connectivity index (χ1v) is 9.65. The number of nitrogens with zero attached hydrogens (tertiary/aromatic N) is 3. The number of methoxy groups -OCH3 is 2. The quantitative estimate of drug-likeness (QED) is 0.689. The Morgan fingerprint density at radius 1 is 1.00 bits per heavy atom. The summed E-state index contributed by atoms with van der Waals surface area (Å²) < 4.78 is 12.8. The van der Waals surface area contributed by atoms with E-state index >= 15 is 0 Å². The van der Waals surface area contributed by atoms with Crippen LogP contribution < -0.4 is 14.3 Å². The molecule has 0 radical (unpaired) electrons. The van der Waals surface area contributed by atoms with E-state index in [2.05, 4.69) is 34.6 Å². The van der Waals surface area contributed by atoms with Gasteiger partial charge >= 0.3 is 0 Å².